The van der Waals surface area contributed by atoms with Gasteiger partial charge < -0.3 is 24.3 Å². The van der Waals surface area contributed by atoms with E-state index in [0.717, 1.165) is 0 Å². The van der Waals surface area contributed by atoms with Gasteiger partial charge in [-0.05, 0) is 35.9 Å². The molecule has 0 aliphatic carbocycles. The van der Waals surface area contributed by atoms with Crippen LogP contribution in [0.4, 0.5) is 5.69 Å². The van der Waals surface area contributed by atoms with Crippen LogP contribution in [-0.2, 0) is 19.1 Å². The van der Waals surface area contributed by atoms with E-state index in [9.17, 15) is 14.4 Å². The number of nitrogens with one attached hydrogen (secondary N) is 1. The van der Waals surface area contributed by atoms with Crippen LogP contribution in [0.5, 0.6) is 11.5 Å². The van der Waals surface area contributed by atoms with E-state index in [-0.39, 0.29) is 0 Å². The van der Waals surface area contributed by atoms with Gasteiger partial charge in [0.15, 0.2) is 18.1 Å². The van der Waals surface area contributed by atoms with Crippen molar-refractivity contribution in [2.45, 2.75) is 0 Å². The lowest BCUT2D eigenvalue weighted by atomic mass is 10.1. The van der Waals surface area contributed by atoms with Crippen molar-refractivity contribution in [2.24, 2.45) is 0 Å². The fraction of sp³-hybridized carbons (Fsp3) is 0.190. The highest BCUT2D eigenvalue weighted by molar-refractivity contribution is 5.95. The molecule has 0 fully saturated rings. The molecule has 2 aromatic carbocycles. The number of benzene rings is 2. The molecule has 0 saturated carbocycles. The Hall–Kier alpha value is -3.81. The Morgan fingerprint density at radius 3 is 2.48 bits per heavy atom. The van der Waals surface area contributed by atoms with Gasteiger partial charge in [0.1, 0.15) is 13.2 Å². The summed E-state index contributed by atoms with van der Waals surface area (Å²) in [6.07, 6.45) is 2.71. The molecule has 3 rings (SSSR count). The quantitative estimate of drug-likeness (QED) is 0.590. The van der Waals surface area contributed by atoms with Gasteiger partial charge in [0.2, 0.25) is 0 Å². The van der Waals surface area contributed by atoms with Crippen molar-refractivity contribution >= 4 is 29.6 Å². The summed E-state index contributed by atoms with van der Waals surface area (Å²) in [5.74, 6) is -0.424. The molecule has 2 aromatic rings. The first-order valence-corrected chi connectivity index (χ1v) is 8.78. The third-order valence-electron chi connectivity index (χ3n) is 3.92. The summed E-state index contributed by atoms with van der Waals surface area (Å²) in [6, 6.07) is 11.5. The molecule has 0 atom stereocenters. The third-order valence-corrected chi connectivity index (χ3v) is 3.92. The summed E-state index contributed by atoms with van der Waals surface area (Å²) in [6.45, 7) is 0.496. The van der Waals surface area contributed by atoms with Gasteiger partial charge >= 0.3 is 11.9 Å². The molecule has 0 unspecified atom stereocenters. The number of amides is 1. The van der Waals surface area contributed by atoms with E-state index < -0.39 is 24.5 Å². The lowest BCUT2D eigenvalue weighted by Crippen LogP contribution is -2.20. The summed E-state index contributed by atoms with van der Waals surface area (Å²) < 4.78 is 20.4. The summed E-state index contributed by atoms with van der Waals surface area (Å²) in [5, 5.41) is 2.62. The minimum atomic E-state index is -0.667. The second-order valence-corrected chi connectivity index (χ2v) is 5.96. The first-order chi connectivity index (χ1) is 14.0. The monoisotopic (exact) mass is 397 g/mol. The summed E-state index contributed by atoms with van der Waals surface area (Å²) in [7, 11) is 1.30. The van der Waals surface area contributed by atoms with Crippen LogP contribution < -0.4 is 14.8 Å². The van der Waals surface area contributed by atoms with Crippen LogP contribution >= 0.6 is 0 Å². The summed E-state index contributed by atoms with van der Waals surface area (Å²) in [5.41, 5.74) is 1.61. The maximum Gasteiger partial charge on any atom is 0.337 e. The number of rotatable bonds is 6. The fourth-order valence-electron chi connectivity index (χ4n) is 2.52. The Bertz CT molecular complexity index is 935. The van der Waals surface area contributed by atoms with Crippen molar-refractivity contribution in [1.29, 1.82) is 0 Å². The van der Waals surface area contributed by atoms with Crippen molar-refractivity contribution in [1.82, 2.24) is 0 Å². The topological polar surface area (TPSA) is 100 Å². The molecule has 150 valence electrons. The van der Waals surface area contributed by atoms with Gasteiger partial charge in [0, 0.05) is 17.8 Å². The molecule has 1 heterocycles. The van der Waals surface area contributed by atoms with Gasteiger partial charge in [-0.15, -0.1) is 0 Å². The van der Waals surface area contributed by atoms with E-state index in [1.54, 1.807) is 42.5 Å². The average Bonchev–Trinajstić information content (AvgIpc) is 2.76. The van der Waals surface area contributed by atoms with Gasteiger partial charge in [0.25, 0.3) is 5.91 Å². The van der Waals surface area contributed by atoms with Crippen molar-refractivity contribution < 1.29 is 33.3 Å². The van der Waals surface area contributed by atoms with Gasteiger partial charge in [-0.1, -0.05) is 12.1 Å². The Morgan fingerprint density at radius 1 is 1.03 bits per heavy atom. The molecule has 8 nitrogen and oxygen atoms in total. The molecule has 29 heavy (non-hydrogen) atoms. The van der Waals surface area contributed by atoms with Crippen molar-refractivity contribution in [2.75, 3.05) is 32.2 Å². The van der Waals surface area contributed by atoms with E-state index in [0.29, 0.717) is 41.5 Å². The number of esters is 2. The predicted molar refractivity (Wildman–Crippen MR) is 104 cm³/mol. The smallest absolute Gasteiger partial charge is 0.337 e. The highest BCUT2D eigenvalue weighted by Gasteiger charge is 2.13. The normalized spacial score (nSPS) is 12.3. The molecule has 1 aliphatic rings. The Kier molecular flexibility index (Phi) is 6.47. The van der Waals surface area contributed by atoms with Crippen LogP contribution in [0.2, 0.25) is 0 Å². The molecular formula is C21H19NO7. The van der Waals surface area contributed by atoms with E-state index in [1.165, 1.54) is 19.3 Å². The molecule has 0 aromatic heterocycles. The van der Waals surface area contributed by atoms with E-state index >= 15 is 0 Å². The number of hydrogen-bond acceptors (Lipinski definition) is 7. The van der Waals surface area contributed by atoms with Crippen molar-refractivity contribution in [3.63, 3.8) is 0 Å². The van der Waals surface area contributed by atoms with Crippen LogP contribution in [0.25, 0.3) is 6.08 Å². The number of fused-ring (bicyclic) bond motifs is 1. The number of ether oxygens (including phenoxy) is 4. The minimum Gasteiger partial charge on any atom is -0.486 e. The zero-order valence-corrected chi connectivity index (χ0v) is 15.7. The molecule has 0 saturated heterocycles. The number of hydrogen-bond donors (Lipinski definition) is 1. The Balaban J connectivity index is 1.47. The van der Waals surface area contributed by atoms with Crippen LogP contribution in [0, 0.1) is 0 Å². The maximum atomic E-state index is 12.0. The number of carbonyl (C=O) groups is 3. The molecule has 0 spiro atoms. The van der Waals surface area contributed by atoms with Crippen LogP contribution in [0.1, 0.15) is 15.9 Å². The first-order valence-electron chi connectivity index (χ1n) is 8.78. The Morgan fingerprint density at radius 2 is 1.76 bits per heavy atom. The molecule has 0 bridgehead atoms. The molecule has 0 radical (unpaired) electrons. The van der Waals surface area contributed by atoms with Gasteiger partial charge in [-0.3, -0.25) is 4.79 Å². The first kappa shape index (κ1) is 19.9. The van der Waals surface area contributed by atoms with Crippen molar-refractivity contribution in [3.05, 3.63) is 59.7 Å². The maximum absolute atomic E-state index is 12.0. The second-order valence-electron chi connectivity index (χ2n) is 5.96. The molecule has 1 aliphatic heterocycles. The standard InChI is InChI=1S/C21H19NO7/c1-26-21(25)15-5-2-14(3-6-15)4-9-20(24)29-13-19(23)22-16-7-8-17-18(12-16)28-11-10-27-17/h2-9,12H,10-11,13H2,1H3,(H,22,23)/b9-4+. The SMILES string of the molecule is COC(=O)c1ccc(/C=C/C(=O)OCC(=O)Nc2ccc3c(c2)OCCO3)cc1. The average molecular weight is 397 g/mol. The highest BCUT2D eigenvalue weighted by Crippen LogP contribution is 2.32. The van der Waals surface area contributed by atoms with Gasteiger partial charge in [-0.25, -0.2) is 9.59 Å². The number of carbonyl (C=O) groups excluding carboxylic acids is 3. The summed E-state index contributed by atoms with van der Waals surface area (Å²) in [4.78, 5) is 35.1. The van der Waals surface area contributed by atoms with Crippen LogP contribution in [-0.4, -0.2) is 44.8 Å². The molecular weight excluding hydrogens is 378 g/mol. The number of anilines is 1. The Labute approximate surface area is 167 Å². The zero-order valence-electron chi connectivity index (χ0n) is 15.7. The summed E-state index contributed by atoms with van der Waals surface area (Å²) >= 11 is 0. The molecule has 1 amide bonds. The zero-order chi connectivity index (χ0) is 20.6. The third kappa shape index (κ3) is 5.58. The van der Waals surface area contributed by atoms with E-state index in [4.69, 9.17) is 14.2 Å². The van der Waals surface area contributed by atoms with Gasteiger partial charge in [0.05, 0.1) is 12.7 Å². The predicted octanol–water partition coefficient (Wildman–Crippen LogP) is 2.44. The highest BCUT2D eigenvalue weighted by atomic mass is 16.6. The number of methoxy groups -OCH3 is 1. The fourth-order valence-corrected chi connectivity index (χ4v) is 2.52. The largest absolute Gasteiger partial charge is 0.486 e. The molecule has 8 heteroatoms. The van der Waals surface area contributed by atoms with Gasteiger partial charge in [-0.2, -0.15) is 0 Å². The lowest BCUT2D eigenvalue weighted by Gasteiger charge is -2.18. The van der Waals surface area contributed by atoms with Crippen LogP contribution in [0.3, 0.4) is 0 Å². The molecule has 1 N–H and O–H groups in total. The second kappa shape index (κ2) is 9.41. The van der Waals surface area contributed by atoms with Crippen molar-refractivity contribution in [3.8, 4) is 11.5 Å². The van der Waals surface area contributed by atoms with E-state index in [1.807, 2.05) is 0 Å². The van der Waals surface area contributed by atoms with Crippen LogP contribution in [0.15, 0.2) is 48.5 Å². The lowest BCUT2D eigenvalue weighted by molar-refractivity contribution is -0.142. The van der Waals surface area contributed by atoms with E-state index in [2.05, 4.69) is 10.1 Å². The minimum absolute atomic E-state index is 0.406.